The van der Waals surface area contributed by atoms with Crippen LogP contribution in [-0.4, -0.2) is 55.3 Å². The zero-order chi connectivity index (χ0) is 21.3. The number of carbonyl (C=O) groups is 1. The molecule has 3 heterocycles. The number of aliphatic hydroxyl groups is 1. The van der Waals surface area contributed by atoms with E-state index in [2.05, 4.69) is 20.2 Å². The number of H-pyrrole nitrogens is 1. The van der Waals surface area contributed by atoms with Crippen molar-refractivity contribution in [1.29, 1.82) is 0 Å². The van der Waals surface area contributed by atoms with E-state index in [9.17, 15) is 14.3 Å². The summed E-state index contributed by atoms with van der Waals surface area (Å²) in [6, 6.07) is 6.56. The van der Waals surface area contributed by atoms with Crippen molar-refractivity contribution in [3.8, 4) is 22.5 Å². The lowest BCUT2D eigenvalue weighted by Gasteiger charge is -2.32. The fourth-order valence-electron chi connectivity index (χ4n) is 3.88. The maximum Gasteiger partial charge on any atom is 0.251 e. The summed E-state index contributed by atoms with van der Waals surface area (Å²) in [6.07, 6.45) is 3.43. The molecule has 4 rings (SSSR count). The second kappa shape index (κ2) is 8.49. The zero-order valence-electron chi connectivity index (χ0n) is 16.3. The summed E-state index contributed by atoms with van der Waals surface area (Å²) in [7, 11) is 0. The number of carbonyl (C=O) groups excluding carboxylic acids is 1. The van der Waals surface area contributed by atoms with E-state index < -0.39 is 11.9 Å². The summed E-state index contributed by atoms with van der Waals surface area (Å²) in [6.45, 7) is 2.53. The van der Waals surface area contributed by atoms with Crippen molar-refractivity contribution in [1.82, 2.24) is 25.1 Å². The molecule has 1 aliphatic heterocycles. The maximum atomic E-state index is 14.8. The number of nitrogens with one attached hydrogen (secondary N) is 1. The van der Waals surface area contributed by atoms with E-state index in [4.69, 9.17) is 11.6 Å². The van der Waals surface area contributed by atoms with Crippen LogP contribution in [0.5, 0.6) is 0 Å². The number of amides is 1. The van der Waals surface area contributed by atoms with E-state index in [0.29, 0.717) is 48.4 Å². The normalized spacial score (nSPS) is 15.9. The molecular formula is C21H21ClFN5O2. The Kier molecular flexibility index (Phi) is 5.78. The van der Waals surface area contributed by atoms with Crippen LogP contribution in [0, 0.1) is 5.82 Å². The number of hydrogen-bond donors (Lipinski definition) is 2. The second-order valence-corrected chi connectivity index (χ2v) is 7.74. The average Bonchev–Trinajstić information content (AvgIpc) is 3.20. The first-order chi connectivity index (χ1) is 14.5. The van der Waals surface area contributed by atoms with Gasteiger partial charge in [-0.25, -0.2) is 14.4 Å². The Morgan fingerprint density at radius 2 is 2.10 bits per heavy atom. The number of nitrogens with zero attached hydrogens (tertiary/aromatic N) is 4. The number of benzene rings is 1. The maximum absolute atomic E-state index is 14.8. The van der Waals surface area contributed by atoms with Gasteiger partial charge in [0, 0.05) is 42.0 Å². The highest BCUT2D eigenvalue weighted by Crippen LogP contribution is 2.40. The van der Waals surface area contributed by atoms with Crippen molar-refractivity contribution >= 4 is 17.5 Å². The number of aliphatic hydroxyl groups excluding tert-OH is 1. The minimum Gasteiger partial charge on any atom is -0.384 e. The Balaban J connectivity index is 1.72. The van der Waals surface area contributed by atoms with Gasteiger partial charge in [0.1, 0.15) is 18.1 Å². The number of likely N-dealkylation sites (tertiary alicyclic amines) is 1. The van der Waals surface area contributed by atoms with E-state index in [1.54, 1.807) is 29.3 Å². The fraction of sp³-hybridized carbons (Fsp3) is 0.333. The monoisotopic (exact) mass is 429 g/mol. The van der Waals surface area contributed by atoms with Gasteiger partial charge in [-0.05, 0) is 38.0 Å². The van der Waals surface area contributed by atoms with E-state index in [1.807, 2.05) is 0 Å². The largest absolute Gasteiger partial charge is 0.384 e. The van der Waals surface area contributed by atoms with Crippen molar-refractivity contribution in [2.75, 3.05) is 13.1 Å². The summed E-state index contributed by atoms with van der Waals surface area (Å²) in [4.78, 5) is 22.1. The van der Waals surface area contributed by atoms with Crippen molar-refractivity contribution in [2.45, 2.75) is 31.8 Å². The molecule has 9 heteroatoms. The average molecular weight is 430 g/mol. The molecule has 2 aromatic heterocycles. The van der Waals surface area contributed by atoms with Crippen LogP contribution in [0.15, 0.2) is 36.8 Å². The third kappa shape index (κ3) is 3.80. The van der Waals surface area contributed by atoms with Crippen LogP contribution in [0.3, 0.4) is 0 Å². The van der Waals surface area contributed by atoms with Gasteiger partial charge in [-0.2, -0.15) is 5.10 Å². The third-order valence-corrected chi connectivity index (χ3v) is 5.70. The summed E-state index contributed by atoms with van der Waals surface area (Å²) in [5, 5.41) is 17.1. The minimum atomic E-state index is -1.01. The molecule has 30 heavy (non-hydrogen) atoms. The van der Waals surface area contributed by atoms with Gasteiger partial charge in [-0.3, -0.25) is 9.89 Å². The predicted octanol–water partition coefficient (Wildman–Crippen LogP) is 3.41. The van der Waals surface area contributed by atoms with Gasteiger partial charge in [0.2, 0.25) is 0 Å². The molecule has 1 aliphatic rings. The topological polar surface area (TPSA) is 95.0 Å². The van der Waals surface area contributed by atoms with E-state index in [1.165, 1.54) is 19.3 Å². The van der Waals surface area contributed by atoms with Gasteiger partial charge in [0.05, 0.1) is 10.7 Å². The highest BCUT2D eigenvalue weighted by atomic mass is 35.5. The molecule has 2 N–H and O–H groups in total. The van der Waals surface area contributed by atoms with Crippen LogP contribution >= 0.6 is 11.6 Å². The molecule has 0 radical (unpaired) electrons. The first-order valence-electron chi connectivity index (χ1n) is 9.73. The van der Waals surface area contributed by atoms with Crippen molar-refractivity contribution < 1.29 is 14.3 Å². The fourth-order valence-corrected chi connectivity index (χ4v) is 4.06. The van der Waals surface area contributed by atoms with Gasteiger partial charge in [0.25, 0.3) is 5.91 Å². The van der Waals surface area contributed by atoms with Gasteiger partial charge in [-0.1, -0.05) is 17.7 Å². The number of aromatic amines is 1. The number of hydrogen-bond acceptors (Lipinski definition) is 5. The summed E-state index contributed by atoms with van der Waals surface area (Å²) < 4.78 is 14.8. The number of aromatic nitrogens is 4. The van der Waals surface area contributed by atoms with Crippen molar-refractivity contribution in [3.63, 3.8) is 0 Å². The van der Waals surface area contributed by atoms with Crippen LogP contribution in [0.25, 0.3) is 22.5 Å². The van der Waals surface area contributed by atoms with Crippen molar-refractivity contribution in [3.05, 3.63) is 53.3 Å². The first-order valence-corrected chi connectivity index (χ1v) is 10.1. The molecule has 0 unspecified atom stereocenters. The SMILES string of the molecule is C[C@@H](O)C(=O)N1CCC(c2[nH]nc(-c3cccc(Cl)c3F)c2-c2ccncn2)CC1. The standard InChI is InChI=1S/C21H21ClFN5O2/c1-12(29)21(30)28-9-6-13(7-10-28)19-17(16-5-8-24-11-25-16)20(27-26-19)14-3-2-4-15(22)18(14)23/h2-5,8,11-13,29H,6-7,9-10H2,1H3,(H,26,27)/t12-/m1/s1. The Labute approximate surface area is 177 Å². The van der Waals surface area contributed by atoms with E-state index in [-0.39, 0.29) is 16.8 Å². The highest BCUT2D eigenvalue weighted by molar-refractivity contribution is 6.31. The lowest BCUT2D eigenvalue weighted by Crippen LogP contribution is -2.42. The smallest absolute Gasteiger partial charge is 0.251 e. The van der Waals surface area contributed by atoms with E-state index in [0.717, 1.165) is 5.69 Å². The van der Waals surface area contributed by atoms with Crippen LogP contribution in [0.4, 0.5) is 4.39 Å². The number of halogens is 2. The molecule has 156 valence electrons. The van der Waals surface area contributed by atoms with Gasteiger partial charge in [0.15, 0.2) is 5.82 Å². The van der Waals surface area contributed by atoms with Crippen LogP contribution in [0.2, 0.25) is 5.02 Å². The zero-order valence-corrected chi connectivity index (χ0v) is 17.1. The van der Waals surface area contributed by atoms with Gasteiger partial charge >= 0.3 is 0 Å². The third-order valence-electron chi connectivity index (χ3n) is 5.41. The molecular weight excluding hydrogens is 409 g/mol. The molecule has 0 spiro atoms. The lowest BCUT2D eigenvalue weighted by molar-refractivity contribution is -0.140. The molecule has 1 aromatic carbocycles. The predicted molar refractivity (Wildman–Crippen MR) is 110 cm³/mol. The Morgan fingerprint density at radius 1 is 1.33 bits per heavy atom. The van der Waals surface area contributed by atoms with Crippen molar-refractivity contribution in [2.24, 2.45) is 0 Å². The first kappa shape index (κ1) is 20.4. The summed E-state index contributed by atoms with van der Waals surface area (Å²) >= 11 is 5.99. The van der Waals surface area contributed by atoms with Gasteiger partial charge in [-0.15, -0.1) is 0 Å². The number of piperidine rings is 1. The van der Waals surface area contributed by atoms with Crippen LogP contribution in [0.1, 0.15) is 31.4 Å². The Bertz CT molecular complexity index is 1050. The lowest BCUT2D eigenvalue weighted by atomic mass is 9.88. The quantitative estimate of drug-likeness (QED) is 0.662. The Morgan fingerprint density at radius 3 is 2.77 bits per heavy atom. The molecule has 7 nitrogen and oxygen atoms in total. The van der Waals surface area contributed by atoms with Crippen LogP contribution in [-0.2, 0) is 4.79 Å². The minimum absolute atomic E-state index is 0.0237. The summed E-state index contributed by atoms with van der Waals surface area (Å²) in [5.41, 5.74) is 2.91. The van der Waals surface area contributed by atoms with Crippen LogP contribution < -0.4 is 0 Å². The molecule has 1 saturated heterocycles. The summed E-state index contributed by atoms with van der Waals surface area (Å²) in [5.74, 6) is -0.725. The number of rotatable bonds is 4. The van der Waals surface area contributed by atoms with Gasteiger partial charge < -0.3 is 10.0 Å². The molecule has 1 fully saturated rings. The molecule has 1 amide bonds. The molecule has 0 bridgehead atoms. The Hall–Kier alpha value is -2.84. The molecule has 1 atom stereocenters. The molecule has 0 saturated carbocycles. The molecule has 0 aliphatic carbocycles. The second-order valence-electron chi connectivity index (χ2n) is 7.33. The molecule has 3 aromatic rings. The van der Waals surface area contributed by atoms with E-state index >= 15 is 0 Å². The highest BCUT2D eigenvalue weighted by Gasteiger charge is 2.30.